The van der Waals surface area contributed by atoms with E-state index in [0.29, 0.717) is 54.1 Å². The lowest BCUT2D eigenvalue weighted by atomic mass is 9.95. The highest BCUT2D eigenvalue weighted by Crippen LogP contribution is 2.43. The van der Waals surface area contributed by atoms with Crippen molar-refractivity contribution < 1.29 is 32.5 Å². The summed E-state index contributed by atoms with van der Waals surface area (Å²) in [6.07, 6.45) is 10.1. The van der Waals surface area contributed by atoms with Crippen molar-refractivity contribution in [1.29, 1.82) is 0 Å². The maximum Gasteiger partial charge on any atom is 0.319 e. The van der Waals surface area contributed by atoms with E-state index in [4.69, 9.17) is 33.1 Å². The fourth-order valence-electron chi connectivity index (χ4n) is 9.33. The fraction of sp³-hybridized carbons (Fsp3) is 0.372. The molecule has 2 bridgehead atoms. The standard InChI is InChI=1S/C43H39F3N6O4S2/c1-3-32-35(45)12-7-26-15-30(54)16-33(36(26)32)38-37(46)39-34(18-47-38)40(49-41(48-39)55-23-43-13-4-14-51(43)19-27(44)17-43)50-20-28-8-9-29(21-50)52(28)42(57)58-22-25-5-10-31(11-6-25)56-24(2)53/h1,5-7,10-12,15-16,18,27-29,54H,4,8-9,13-14,17,19-23H2,2H3/t27-,28?,29?,43+/m1/s1. The number of phenols is 1. The number of esters is 1. The van der Waals surface area contributed by atoms with Crippen LogP contribution in [0.4, 0.5) is 19.0 Å². The Morgan fingerprint density at radius 3 is 2.62 bits per heavy atom. The Balaban J connectivity index is 1.05. The van der Waals surface area contributed by atoms with Crippen LogP contribution in [0.25, 0.3) is 32.9 Å². The van der Waals surface area contributed by atoms with Gasteiger partial charge in [-0.25, -0.2) is 13.2 Å². The molecule has 2 unspecified atom stereocenters. The van der Waals surface area contributed by atoms with Crippen LogP contribution >= 0.6 is 24.0 Å². The number of ether oxygens (including phenoxy) is 2. The maximum atomic E-state index is 17.2. The zero-order chi connectivity index (χ0) is 40.3. The van der Waals surface area contributed by atoms with Crippen LogP contribution in [-0.2, 0) is 10.5 Å². The highest BCUT2D eigenvalue weighted by atomic mass is 32.2. The van der Waals surface area contributed by atoms with Crippen LogP contribution in [-0.4, -0.2) is 96.7 Å². The lowest BCUT2D eigenvalue weighted by Gasteiger charge is -2.43. The number of halogens is 3. The van der Waals surface area contributed by atoms with E-state index in [1.165, 1.54) is 37.4 Å². The number of carbonyl (C=O) groups is 1. The van der Waals surface area contributed by atoms with Gasteiger partial charge in [-0.1, -0.05) is 48.1 Å². The molecule has 0 radical (unpaired) electrons. The number of rotatable bonds is 8. The SMILES string of the molecule is C#Cc1c(F)ccc2cc(O)cc(-c3ncc4c(N5CC6CCC(C5)N6C(=S)SCc5ccc(OC(C)=O)cc5)nc(OC[C@@]56CCCN5C[C@H](F)C6)nc4c3F)c12. The molecule has 9 rings (SSSR count). The number of pyridine rings is 1. The molecule has 4 aliphatic heterocycles. The summed E-state index contributed by atoms with van der Waals surface area (Å²) in [6, 6.07) is 12.9. The molecule has 1 N–H and O–H groups in total. The summed E-state index contributed by atoms with van der Waals surface area (Å²) < 4.78 is 59.1. The molecule has 0 aliphatic carbocycles. The van der Waals surface area contributed by atoms with Crippen LogP contribution in [0, 0.1) is 24.0 Å². The zero-order valence-corrected chi connectivity index (χ0v) is 33.2. The maximum absolute atomic E-state index is 17.2. The predicted octanol–water partition coefficient (Wildman–Crippen LogP) is 7.56. The number of aromatic hydroxyl groups is 1. The van der Waals surface area contributed by atoms with Gasteiger partial charge in [-0.2, -0.15) is 9.97 Å². The molecule has 2 aromatic heterocycles. The molecule has 4 saturated heterocycles. The molecular formula is C43H39F3N6O4S2. The van der Waals surface area contributed by atoms with Crippen LogP contribution in [0.2, 0.25) is 0 Å². The highest BCUT2D eigenvalue weighted by Gasteiger charge is 2.49. The molecule has 15 heteroatoms. The van der Waals surface area contributed by atoms with Crippen LogP contribution < -0.4 is 14.4 Å². The summed E-state index contributed by atoms with van der Waals surface area (Å²) in [5.41, 5.74) is 0.363. The molecule has 58 heavy (non-hydrogen) atoms. The number of piperazine rings is 1. The number of nitrogens with zero attached hydrogens (tertiary/aromatic N) is 6. The summed E-state index contributed by atoms with van der Waals surface area (Å²) >= 11 is 7.57. The van der Waals surface area contributed by atoms with Gasteiger partial charge in [0.25, 0.3) is 0 Å². The zero-order valence-electron chi connectivity index (χ0n) is 31.6. The van der Waals surface area contributed by atoms with Crippen LogP contribution in [0.15, 0.2) is 54.7 Å². The third-order valence-corrected chi connectivity index (χ3v) is 13.4. The summed E-state index contributed by atoms with van der Waals surface area (Å²) in [6.45, 7) is 3.75. The van der Waals surface area contributed by atoms with Crippen LogP contribution in [0.5, 0.6) is 17.5 Å². The van der Waals surface area contributed by atoms with Gasteiger partial charge < -0.3 is 24.4 Å². The van der Waals surface area contributed by atoms with E-state index in [1.807, 2.05) is 12.1 Å². The molecule has 0 saturated carbocycles. The fourth-order valence-corrected chi connectivity index (χ4v) is 10.7. The molecule has 3 aromatic carbocycles. The number of aromatic nitrogens is 3. The number of hydrogen-bond donors (Lipinski definition) is 1. The minimum Gasteiger partial charge on any atom is -0.508 e. The third-order valence-electron chi connectivity index (χ3n) is 11.9. The smallest absolute Gasteiger partial charge is 0.319 e. The molecular weight excluding hydrogens is 786 g/mol. The highest BCUT2D eigenvalue weighted by molar-refractivity contribution is 8.22. The number of carbonyl (C=O) groups excluding carboxylic acids is 1. The van der Waals surface area contributed by atoms with E-state index in [0.717, 1.165) is 42.1 Å². The van der Waals surface area contributed by atoms with Gasteiger partial charge in [0.15, 0.2) is 5.82 Å². The Kier molecular flexibility index (Phi) is 10.1. The van der Waals surface area contributed by atoms with E-state index < -0.39 is 23.3 Å². The number of phenolic OH excluding ortho intramolecular Hbond substituents is 1. The molecule has 298 valence electrons. The number of anilines is 1. The first-order valence-electron chi connectivity index (χ1n) is 19.3. The molecule has 0 amide bonds. The Bertz CT molecular complexity index is 2510. The van der Waals surface area contributed by atoms with Crippen molar-refractivity contribution in [2.45, 2.75) is 68.6 Å². The largest absolute Gasteiger partial charge is 0.508 e. The van der Waals surface area contributed by atoms with Crippen molar-refractivity contribution in [1.82, 2.24) is 24.8 Å². The average Bonchev–Trinajstić information content (AvgIpc) is 3.82. The van der Waals surface area contributed by atoms with Crippen molar-refractivity contribution in [2.75, 3.05) is 37.7 Å². The van der Waals surface area contributed by atoms with Gasteiger partial charge in [-0.3, -0.25) is 14.7 Å². The first kappa shape index (κ1) is 38.4. The average molecular weight is 825 g/mol. The monoisotopic (exact) mass is 824 g/mol. The Labute approximate surface area is 342 Å². The Morgan fingerprint density at radius 2 is 1.88 bits per heavy atom. The molecule has 10 nitrogen and oxygen atoms in total. The van der Waals surface area contributed by atoms with Crippen molar-refractivity contribution >= 4 is 61.8 Å². The van der Waals surface area contributed by atoms with Gasteiger partial charge in [-0.05, 0) is 73.5 Å². The molecule has 4 aliphatic rings. The van der Waals surface area contributed by atoms with Gasteiger partial charge in [0, 0.05) is 68.0 Å². The first-order valence-corrected chi connectivity index (χ1v) is 20.7. The minimum absolute atomic E-state index is 0.0428. The van der Waals surface area contributed by atoms with E-state index in [9.17, 15) is 14.3 Å². The van der Waals surface area contributed by atoms with Gasteiger partial charge >= 0.3 is 12.0 Å². The van der Waals surface area contributed by atoms with Gasteiger partial charge in [0.05, 0.1) is 16.5 Å². The number of thiocarbonyl (C=S) groups is 1. The molecule has 4 atom stereocenters. The summed E-state index contributed by atoms with van der Waals surface area (Å²) in [4.78, 5) is 31.9. The molecule has 4 fully saturated rings. The predicted molar refractivity (Wildman–Crippen MR) is 221 cm³/mol. The lowest BCUT2D eigenvalue weighted by molar-refractivity contribution is -0.131. The lowest BCUT2D eigenvalue weighted by Crippen LogP contribution is -2.55. The second-order valence-electron chi connectivity index (χ2n) is 15.5. The van der Waals surface area contributed by atoms with E-state index in [-0.39, 0.29) is 64.1 Å². The second-order valence-corrected chi connectivity index (χ2v) is 17.1. The number of thioether (sulfide) groups is 1. The van der Waals surface area contributed by atoms with Crippen LogP contribution in [0.3, 0.4) is 0 Å². The second kappa shape index (κ2) is 15.2. The van der Waals surface area contributed by atoms with Crippen molar-refractivity contribution in [2.24, 2.45) is 0 Å². The quantitative estimate of drug-likeness (QED) is 0.0723. The van der Waals surface area contributed by atoms with E-state index >= 15 is 8.78 Å². The molecule has 6 heterocycles. The van der Waals surface area contributed by atoms with Crippen molar-refractivity contribution in [3.05, 3.63) is 77.5 Å². The summed E-state index contributed by atoms with van der Waals surface area (Å²) in [7, 11) is 0. The van der Waals surface area contributed by atoms with Crippen molar-refractivity contribution in [3.63, 3.8) is 0 Å². The first-order chi connectivity index (χ1) is 28.0. The van der Waals surface area contributed by atoms with Gasteiger partial charge in [0.2, 0.25) is 0 Å². The van der Waals surface area contributed by atoms with Crippen molar-refractivity contribution in [3.8, 4) is 41.1 Å². The number of fused-ring (bicyclic) bond motifs is 5. The number of benzene rings is 3. The Hall–Kier alpha value is -5.17. The van der Waals surface area contributed by atoms with Gasteiger partial charge in [-0.15, -0.1) is 6.42 Å². The summed E-state index contributed by atoms with van der Waals surface area (Å²) in [5, 5.41) is 11.7. The number of hydrogen-bond acceptors (Lipinski definition) is 11. The summed E-state index contributed by atoms with van der Waals surface area (Å²) in [5.74, 6) is 1.96. The van der Waals surface area contributed by atoms with Crippen LogP contribution in [0.1, 0.15) is 50.2 Å². The molecule has 0 spiro atoms. The third kappa shape index (κ3) is 6.94. The topological polar surface area (TPSA) is 104 Å². The number of alkyl halides is 1. The normalized spacial score (nSPS) is 22.7. The van der Waals surface area contributed by atoms with E-state index in [1.54, 1.807) is 23.9 Å². The van der Waals surface area contributed by atoms with E-state index in [2.05, 4.69) is 30.6 Å². The Morgan fingerprint density at radius 1 is 1.10 bits per heavy atom. The minimum atomic E-state index is -0.957. The number of terminal acetylenes is 1. The van der Waals surface area contributed by atoms with Gasteiger partial charge in [0.1, 0.15) is 51.4 Å². The molecule has 5 aromatic rings.